The van der Waals surface area contributed by atoms with Gasteiger partial charge in [-0.25, -0.2) is 0 Å². The van der Waals surface area contributed by atoms with Gasteiger partial charge in [0.25, 0.3) is 5.56 Å². The van der Waals surface area contributed by atoms with E-state index in [0.717, 1.165) is 19.3 Å². The van der Waals surface area contributed by atoms with Gasteiger partial charge in [-0.1, -0.05) is 19.8 Å². The lowest BCUT2D eigenvalue weighted by atomic mass is 10.1. The quantitative estimate of drug-likeness (QED) is 0.612. The molecule has 0 amide bonds. The Morgan fingerprint density at radius 3 is 2.67 bits per heavy atom. The molecule has 0 aliphatic heterocycles. The van der Waals surface area contributed by atoms with Crippen LogP contribution in [0.15, 0.2) is 4.79 Å². The Bertz CT molecular complexity index is 545. The Morgan fingerprint density at radius 1 is 1.44 bits per heavy atom. The van der Waals surface area contributed by atoms with Crippen molar-refractivity contribution in [1.82, 2.24) is 9.55 Å². The number of aromatic nitrogens is 2. The third-order valence-electron chi connectivity index (χ3n) is 2.81. The second kappa shape index (κ2) is 6.49. The Kier molecular flexibility index (Phi) is 5.27. The van der Waals surface area contributed by atoms with Crippen LogP contribution >= 0.6 is 12.2 Å². The Balaban J connectivity index is 3.14. The van der Waals surface area contributed by atoms with Gasteiger partial charge in [-0.2, -0.15) is 0 Å². The maximum atomic E-state index is 12.2. The highest BCUT2D eigenvalue weighted by Crippen LogP contribution is 2.03. The van der Waals surface area contributed by atoms with Crippen molar-refractivity contribution in [1.29, 1.82) is 0 Å². The number of carboxylic acids is 1. The summed E-state index contributed by atoms with van der Waals surface area (Å²) in [6.45, 7) is 4.29. The number of hydrogen-bond acceptors (Lipinski definition) is 3. The lowest BCUT2D eigenvalue weighted by molar-refractivity contribution is -0.136. The molecule has 18 heavy (non-hydrogen) atoms. The van der Waals surface area contributed by atoms with Crippen LogP contribution < -0.4 is 5.56 Å². The number of nitrogens with zero attached hydrogens (tertiary/aromatic N) is 1. The van der Waals surface area contributed by atoms with Crippen molar-refractivity contribution in [2.75, 3.05) is 0 Å². The van der Waals surface area contributed by atoms with Gasteiger partial charge in [0, 0.05) is 17.8 Å². The normalized spacial score (nSPS) is 10.6. The van der Waals surface area contributed by atoms with Gasteiger partial charge in [-0.05, 0) is 25.6 Å². The molecular weight excluding hydrogens is 252 g/mol. The van der Waals surface area contributed by atoms with Crippen LogP contribution in [0.1, 0.15) is 37.4 Å². The maximum absolute atomic E-state index is 12.2. The molecule has 1 heterocycles. The van der Waals surface area contributed by atoms with E-state index in [1.807, 2.05) is 0 Å². The van der Waals surface area contributed by atoms with Gasteiger partial charge in [-0.15, -0.1) is 0 Å². The molecule has 0 bridgehead atoms. The summed E-state index contributed by atoms with van der Waals surface area (Å²) in [4.78, 5) is 25.8. The van der Waals surface area contributed by atoms with Crippen molar-refractivity contribution in [3.63, 3.8) is 0 Å². The second-order valence-corrected chi connectivity index (χ2v) is 4.65. The molecule has 1 aromatic heterocycles. The van der Waals surface area contributed by atoms with Crippen LogP contribution in [0.3, 0.4) is 0 Å². The van der Waals surface area contributed by atoms with E-state index in [1.54, 1.807) is 6.92 Å². The van der Waals surface area contributed by atoms with Gasteiger partial charge >= 0.3 is 5.97 Å². The predicted octanol–water partition coefficient (Wildman–Crippen LogP) is 2.03. The van der Waals surface area contributed by atoms with Crippen molar-refractivity contribution in [2.24, 2.45) is 0 Å². The van der Waals surface area contributed by atoms with E-state index in [2.05, 4.69) is 11.9 Å². The molecule has 0 radical (unpaired) electrons. The van der Waals surface area contributed by atoms with Crippen molar-refractivity contribution < 1.29 is 9.90 Å². The summed E-state index contributed by atoms with van der Waals surface area (Å²) < 4.78 is 1.82. The number of nitrogens with one attached hydrogen (secondary N) is 1. The summed E-state index contributed by atoms with van der Waals surface area (Å²) in [7, 11) is 0. The smallest absolute Gasteiger partial charge is 0.308 e. The first-order chi connectivity index (χ1) is 8.47. The average molecular weight is 270 g/mol. The first-order valence-electron chi connectivity index (χ1n) is 6.01. The number of aliphatic carboxylic acids is 1. The van der Waals surface area contributed by atoms with E-state index >= 15 is 0 Å². The van der Waals surface area contributed by atoms with Crippen molar-refractivity contribution in [3.8, 4) is 0 Å². The minimum atomic E-state index is -1.01. The minimum Gasteiger partial charge on any atom is -0.481 e. The molecule has 0 spiro atoms. The summed E-state index contributed by atoms with van der Waals surface area (Å²) >= 11 is 5.11. The summed E-state index contributed by atoms with van der Waals surface area (Å²) in [6.07, 6.45) is 2.66. The molecule has 6 heteroatoms. The first-order valence-corrected chi connectivity index (χ1v) is 6.42. The number of rotatable bonds is 6. The standard InChI is InChI=1S/C12H18N2O3S/c1-3-4-5-6-14-11(17)9(7-10(15)16)8(2)13-12(14)18/h3-7H2,1-2H3,(H,13,18)(H,15,16). The van der Waals surface area contributed by atoms with Gasteiger partial charge in [-0.3, -0.25) is 14.2 Å². The third-order valence-corrected chi connectivity index (χ3v) is 3.13. The molecule has 0 fully saturated rings. The van der Waals surface area contributed by atoms with Crippen molar-refractivity contribution >= 4 is 18.2 Å². The number of unbranched alkanes of at least 4 members (excludes halogenated alkanes) is 2. The minimum absolute atomic E-state index is 0.273. The molecular formula is C12H18N2O3S. The second-order valence-electron chi connectivity index (χ2n) is 4.27. The van der Waals surface area contributed by atoms with E-state index in [1.165, 1.54) is 4.57 Å². The first kappa shape index (κ1) is 14.6. The lowest BCUT2D eigenvalue weighted by Crippen LogP contribution is -2.28. The number of hydrogen-bond donors (Lipinski definition) is 2. The van der Waals surface area contributed by atoms with Crippen LogP contribution in [0.2, 0.25) is 0 Å². The van der Waals surface area contributed by atoms with Crippen molar-refractivity contribution in [2.45, 2.75) is 46.1 Å². The number of H-pyrrole nitrogens is 1. The van der Waals surface area contributed by atoms with Gasteiger partial charge in [0.1, 0.15) is 0 Å². The van der Waals surface area contributed by atoms with Gasteiger partial charge in [0.05, 0.1) is 6.42 Å². The molecule has 1 aromatic rings. The van der Waals surface area contributed by atoms with Crippen LogP contribution in [0.5, 0.6) is 0 Å². The molecule has 5 nitrogen and oxygen atoms in total. The predicted molar refractivity (Wildman–Crippen MR) is 71.5 cm³/mol. The molecule has 0 aliphatic rings. The zero-order valence-electron chi connectivity index (χ0n) is 10.7. The summed E-state index contributed by atoms with van der Waals surface area (Å²) in [5.74, 6) is -1.01. The summed E-state index contributed by atoms with van der Waals surface area (Å²) in [5.41, 5.74) is 0.543. The number of carbonyl (C=O) groups is 1. The molecule has 0 saturated carbocycles. The molecule has 0 aliphatic carbocycles. The van der Waals surface area contributed by atoms with Crippen molar-refractivity contribution in [3.05, 3.63) is 26.4 Å². The number of carboxylic acid groups (broad SMARTS) is 1. The van der Waals surface area contributed by atoms with Gasteiger partial charge in [0.15, 0.2) is 4.77 Å². The van der Waals surface area contributed by atoms with Crippen LogP contribution in [0, 0.1) is 11.7 Å². The zero-order chi connectivity index (χ0) is 13.7. The Morgan fingerprint density at radius 2 is 2.11 bits per heavy atom. The molecule has 0 aromatic carbocycles. The lowest BCUT2D eigenvalue weighted by Gasteiger charge is -2.10. The summed E-state index contributed by atoms with van der Waals surface area (Å²) in [5, 5.41) is 8.80. The van der Waals surface area contributed by atoms with E-state index in [-0.39, 0.29) is 17.5 Å². The highest BCUT2D eigenvalue weighted by atomic mass is 32.1. The van der Waals surface area contributed by atoms with Crippen LogP contribution in [0.25, 0.3) is 0 Å². The van der Waals surface area contributed by atoms with E-state index in [9.17, 15) is 9.59 Å². The molecule has 100 valence electrons. The fourth-order valence-electron chi connectivity index (χ4n) is 1.80. The molecule has 0 saturated heterocycles. The zero-order valence-corrected chi connectivity index (χ0v) is 11.5. The highest BCUT2D eigenvalue weighted by Gasteiger charge is 2.12. The molecule has 1 rings (SSSR count). The fraction of sp³-hybridized carbons (Fsp3) is 0.583. The Labute approximate surface area is 110 Å². The SMILES string of the molecule is CCCCCn1c(=S)[nH]c(C)c(CC(=O)O)c1=O. The highest BCUT2D eigenvalue weighted by molar-refractivity contribution is 7.71. The van der Waals surface area contributed by atoms with Crippen LogP contribution in [-0.4, -0.2) is 20.6 Å². The maximum Gasteiger partial charge on any atom is 0.308 e. The van der Waals surface area contributed by atoms with E-state index in [4.69, 9.17) is 17.3 Å². The molecule has 2 N–H and O–H groups in total. The summed E-state index contributed by atoms with van der Waals surface area (Å²) in [6, 6.07) is 0. The number of aromatic amines is 1. The molecule has 0 unspecified atom stereocenters. The monoisotopic (exact) mass is 270 g/mol. The van der Waals surface area contributed by atoms with E-state index in [0.29, 0.717) is 17.0 Å². The van der Waals surface area contributed by atoms with E-state index < -0.39 is 5.97 Å². The van der Waals surface area contributed by atoms with Crippen LogP contribution in [-0.2, 0) is 17.8 Å². The topological polar surface area (TPSA) is 75.1 Å². The molecule has 0 atom stereocenters. The average Bonchev–Trinajstić information content (AvgIpc) is 2.28. The van der Waals surface area contributed by atoms with Crippen LogP contribution in [0.4, 0.5) is 0 Å². The third kappa shape index (κ3) is 3.53. The number of aryl methyl sites for hydroxylation is 1. The Hall–Kier alpha value is -1.43. The van der Waals surface area contributed by atoms with Gasteiger partial charge < -0.3 is 10.1 Å². The fourth-order valence-corrected chi connectivity index (χ4v) is 2.13. The van der Waals surface area contributed by atoms with Gasteiger partial charge in [0.2, 0.25) is 0 Å². The largest absolute Gasteiger partial charge is 0.481 e.